The highest BCUT2D eigenvalue weighted by Crippen LogP contribution is 2.40. The number of nitrogens with one attached hydrogen (secondary N) is 3. The molecule has 8 aromatic heterocycles. The van der Waals surface area contributed by atoms with Gasteiger partial charge in [-0.1, -0.05) is 72.8 Å². The lowest BCUT2D eigenvalue weighted by atomic mass is 10.0. The molecule has 0 aliphatic rings. The lowest BCUT2D eigenvalue weighted by Gasteiger charge is -2.28. The third-order valence-corrected chi connectivity index (χ3v) is 16.1. The second-order valence-electron chi connectivity index (χ2n) is 28.3. The minimum absolute atomic E-state index is 0.0991. The highest BCUT2D eigenvalue weighted by molar-refractivity contribution is 9.10. The van der Waals surface area contributed by atoms with Gasteiger partial charge in [0.25, 0.3) is 0 Å². The van der Waals surface area contributed by atoms with Crippen LogP contribution in [0.25, 0.3) is 76.9 Å². The summed E-state index contributed by atoms with van der Waals surface area (Å²) in [6.07, 6.45) is 11.9. The fourth-order valence-electron chi connectivity index (χ4n) is 10.9. The van der Waals surface area contributed by atoms with Crippen LogP contribution in [0.4, 0.5) is 53.7 Å². The molecule has 0 saturated carbocycles. The molecular weight excluding hydrogens is 1380 g/mol. The molecule has 5 aromatic carbocycles. The van der Waals surface area contributed by atoms with Gasteiger partial charge in [0.2, 0.25) is 0 Å². The van der Waals surface area contributed by atoms with Crippen LogP contribution in [-0.2, 0) is 38.6 Å². The van der Waals surface area contributed by atoms with E-state index < -0.39 is 46.8 Å². The summed E-state index contributed by atoms with van der Waals surface area (Å²) in [7, 11) is 0. The number of carbonyl (C=O) groups is 4. The molecule has 4 amide bonds. The molecule has 0 radical (unpaired) electrons. The molecule has 0 atom stereocenters. The van der Waals surface area contributed by atoms with Crippen LogP contribution in [0.3, 0.4) is 0 Å². The van der Waals surface area contributed by atoms with Crippen molar-refractivity contribution in [3.63, 3.8) is 0 Å². The number of nitrogens with two attached hydrogens (primary N) is 1. The maximum Gasteiger partial charge on any atom is 0.425 e. The van der Waals surface area contributed by atoms with Gasteiger partial charge in [0, 0.05) is 140 Å². The molecule has 0 spiro atoms. The van der Waals surface area contributed by atoms with E-state index in [9.17, 15) is 19.2 Å². The molecule has 22 nitrogen and oxygen atoms in total. The van der Waals surface area contributed by atoms with Crippen molar-refractivity contribution in [2.24, 2.45) is 0 Å². The van der Waals surface area contributed by atoms with E-state index in [1.807, 2.05) is 140 Å². The lowest BCUT2D eigenvalue weighted by Crippen LogP contribution is -2.44. The van der Waals surface area contributed by atoms with E-state index in [-0.39, 0.29) is 11.6 Å². The topological polar surface area (TPSA) is 277 Å². The van der Waals surface area contributed by atoms with Crippen LogP contribution in [-0.4, -0.2) is 76.7 Å². The smallest absolute Gasteiger partial charge is 0.425 e. The lowest BCUT2D eigenvalue weighted by molar-refractivity contribution is 0.0407. The summed E-state index contributed by atoms with van der Waals surface area (Å²) in [5.74, 6) is 2.15. The van der Waals surface area contributed by atoms with Crippen LogP contribution >= 0.6 is 15.9 Å². The number of anilines is 6. The van der Waals surface area contributed by atoms with Crippen LogP contribution < -0.4 is 31.5 Å². The van der Waals surface area contributed by atoms with Gasteiger partial charge in [-0.05, 0) is 205 Å². The normalized spacial score (nSPS) is 11.6. The number of benzene rings is 5. The quantitative estimate of drug-likeness (QED) is 0.0781. The Bertz CT molecular complexity index is 5120. The van der Waals surface area contributed by atoms with E-state index in [0.717, 1.165) is 103 Å². The molecule has 0 bridgehead atoms. The Morgan fingerprint density at radius 2 is 0.731 bits per heavy atom. The zero-order valence-electron chi connectivity index (χ0n) is 59.9. The minimum atomic E-state index is -0.884. The maximum absolute atomic E-state index is 13.5. The summed E-state index contributed by atoms with van der Waals surface area (Å²) >= 11 is 3.54. The van der Waals surface area contributed by atoms with Crippen molar-refractivity contribution in [3.8, 4) is 22.6 Å². The van der Waals surface area contributed by atoms with Crippen molar-refractivity contribution in [1.29, 1.82) is 0 Å². The zero-order valence-corrected chi connectivity index (χ0v) is 61.5. The van der Waals surface area contributed by atoms with Gasteiger partial charge in [-0.3, -0.25) is 15.0 Å². The molecule has 13 rings (SSSR count). The number of imide groups is 2. The summed E-state index contributed by atoms with van der Waals surface area (Å²) < 4.78 is 35.2. The Balaban J connectivity index is 0.000000159. The first-order chi connectivity index (χ1) is 49.5. The van der Waals surface area contributed by atoms with Gasteiger partial charge in [-0.15, -0.1) is 0 Å². The summed E-state index contributed by atoms with van der Waals surface area (Å²) in [4.78, 5) is 80.3. The van der Waals surface area contributed by atoms with Crippen LogP contribution in [0, 0.1) is 0 Å². The molecular formula is C81H81BrN12O10. The van der Waals surface area contributed by atoms with Gasteiger partial charge in [-0.25, -0.2) is 34.1 Å². The van der Waals surface area contributed by atoms with Crippen LogP contribution in [0.2, 0.25) is 0 Å². The van der Waals surface area contributed by atoms with Crippen LogP contribution in [0.5, 0.6) is 0 Å². The number of para-hydroxylation sites is 2. The van der Waals surface area contributed by atoms with Crippen LogP contribution in [0.1, 0.15) is 99.8 Å². The second kappa shape index (κ2) is 31.1. The van der Waals surface area contributed by atoms with E-state index in [1.165, 1.54) is 0 Å². The fraction of sp³-hybridized carbons (Fsp3) is 0.235. The number of rotatable bonds is 13. The molecule has 104 heavy (non-hydrogen) atoms. The molecule has 0 fully saturated rings. The number of hydrogen-bond acceptors (Lipinski definition) is 20. The van der Waals surface area contributed by atoms with Gasteiger partial charge < -0.3 is 49.5 Å². The summed E-state index contributed by atoms with van der Waals surface area (Å²) in [6, 6.07) is 48.9. The highest BCUT2D eigenvalue weighted by atomic mass is 79.9. The average molecular weight is 1460 g/mol. The van der Waals surface area contributed by atoms with E-state index >= 15 is 0 Å². The standard InChI is InChI=1S/C33H34N4O5.C25H29BrN4O4.C23H18N4O/c1-32(2,3)41-30(38)37(31(39)42-33(4,5)6)29-24-12-11-21(19-35-23-13-15-34-16-14-23)17-25(24)26(20-36-29)28-18-22-9-7-8-10-27(22)40-28;1-24(2,3)33-22(31)30(23(32)34-25(4,5)6)21-18-8-7-16(13-19(18)20(26)15-29-21)14-28-17-9-11-27-12-10-17;24-23-18-6-5-15(13-26-17-7-9-25-10-8-17)11-19(18)20(14-27-23)22-12-16-3-1-2-4-21(16)28-22/h7-18,20H,19H2,1-6H3,(H,34,35);7-13,15H,14H2,1-6H3,(H,27,28);1-12,14H,13H2,(H2,24,27)(H,25,26). The first kappa shape index (κ1) is 73.2. The number of hydrogen-bond donors (Lipinski definition) is 4. The van der Waals surface area contributed by atoms with Crippen LogP contribution in [0.15, 0.2) is 221 Å². The van der Waals surface area contributed by atoms with Crippen molar-refractivity contribution in [1.82, 2.24) is 29.9 Å². The molecule has 23 heteroatoms. The van der Waals surface area contributed by atoms with Crippen molar-refractivity contribution in [3.05, 3.63) is 229 Å². The number of carbonyl (C=O) groups excluding carboxylic acids is 4. The van der Waals surface area contributed by atoms with E-state index in [1.54, 1.807) is 139 Å². The number of amides is 4. The number of nitrogen functional groups attached to an aromatic ring is 1. The van der Waals surface area contributed by atoms with E-state index in [4.69, 9.17) is 33.5 Å². The van der Waals surface area contributed by atoms with Gasteiger partial charge in [0.15, 0.2) is 11.6 Å². The van der Waals surface area contributed by atoms with Crippen molar-refractivity contribution in [2.75, 3.05) is 31.5 Å². The van der Waals surface area contributed by atoms with Gasteiger partial charge in [0.05, 0.1) is 0 Å². The van der Waals surface area contributed by atoms with Gasteiger partial charge >= 0.3 is 24.4 Å². The number of furan rings is 2. The number of halogens is 1. The molecule has 0 aliphatic heterocycles. The molecule has 5 N–H and O–H groups in total. The first-order valence-electron chi connectivity index (χ1n) is 33.6. The van der Waals surface area contributed by atoms with Crippen molar-refractivity contribution < 1.29 is 47.0 Å². The Morgan fingerprint density at radius 1 is 0.404 bits per heavy atom. The number of pyridine rings is 6. The van der Waals surface area contributed by atoms with E-state index in [2.05, 4.69) is 73.9 Å². The summed E-state index contributed by atoms with van der Waals surface area (Å²) in [5, 5.41) is 16.8. The molecule has 8 heterocycles. The predicted molar refractivity (Wildman–Crippen MR) is 412 cm³/mol. The monoisotopic (exact) mass is 1460 g/mol. The van der Waals surface area contributed by atoms with Crippen molar-refractivity contribution in [2.45, 2.75) is 125 Å². The third kappa shape index (κ3) is 18.8. The molecule has 13 aromatic rings. The first-order valence-corrected chi connectivity index (χ1v) is 34.4. The highest BCUT2D eigenvalue weighted by Gasteiger charge is 2.37. The maximum atomic E-state index is 13.5. The Kier molecular flexibility index (Phi) is 21.9. The summed E-state index contributed by atoms with van der Waals surface area (Å²) in [6.45, 7) is 22.6. The Hall–Kier alpha value is -12.0. The molecule has 0 aliphatic carbocycles. The second-order valence-corrected chi connectivity index (χ2v) is 29.1. The Morgan fingerprint density at radius 3 is 1.11 bits per heavy atom. The molecule has 0 unspecified atom stereocenters. The molecule has 0 saturated heterocycles. The third-order valence-electron chi connectivity index (χ3n) is 15.4. The summed E-state index contributed by atoms with van der Waals surface area (Å²) in [5.41, 5.74) is 12.1. The predicted octanol–water partition coefficient (Wildman–Crippen LogP) is 20.3. The molecule has 532 valence electrons. The number of aromatic nitrogens is 6. The van der Waals surface area contributed by atoms with Gasteiger partial charge in [-0.2, -0.15) is 9.80 Å². The number of fused-ring (bicyclic) bond motifs is 5. The number of ether oxygens (including phenoxy) is 4. The minimum Gasteiger partial charge on any atom is -0.456 e. The van der Waals surface area contributed by atoms with Gasteiger partial charge in [0.1, 0.15) is 50.9 Å². The van der Waals surface area contributed by atoms with Crippen molar-refractivity contribution >= 4 is 129 Å². The fourth-order valence-corrected chi connectivity index (χ4v) is 11.3. The Labute approximate surface area is 610 Å². The number of nitrogens with zero attached hydrogens (tertiary/aromatic N) is 8. The zero-order chi connectivity index (χ0) is 74.1. The van der Waals surface area contributed by atoms with E-state index in [0.29, 0.717) is 47.5 Å². The SMILES string of the molecule is CC(C)(C)OC(=O)N(C(=O)OC(C)(C)C)c1ncc(-c2cc3ccccc3o2)c2cc(CNc3ccncc3)ccc12.CC(C)(C)OC(=O)N(C(=O)OC(C)(C)C)c1ncc(Br)c2cc(CNc3ccncc3)ccc12.Nc1ncc(-c2cc3ccccc3o2)c2cc(CNc3ccncc3)ccc12. The largest absolute Gasteiger partial charge is 0.456 e. The average Bonchev–Trinajstić information content (AvgIpc) is 1.16.